The fourth-order valence-corrected chi connectivity index (χ4v) is 3.24. The van der Waals surface area contributed by atoms with E-state index in [4.69, 9.17) is 4.42 Å². The largest absolute Gasteiger partial charge is 0.468 e. The third-order valence-electron chi connectivity index (χ3n) is 4.58. The summed E-state index contributed by atoms with van der Waals surface area (Å²) in [7, 11) is 0. The molecule has 2 heterocycles. The Morgan fingerprint density at radius 3 is 2.80 bits per heavy atom. The van der Waals surface area contributed by atoms with Gasteiger partial charge >= 0.3 is 0 Å². The van der Waals surface area contributed by atoms with Crippen molar-refractivity contribution in [3.63, 3.8) is 0 Å². The van der Waals surface area contributed by atoms with Crippen molar-refractivity contribution in [3.05, 3.63) is 48.4 Å². The summed E-state index contributed by atoms with van der Waals surface area (Å²) in [6, 6.07) is 11.7. The Labute approximate surface area is 149 Å². The van der Waals surface area contributed by atoms with E-state index in [0.29, 0.717) is 6.54 Å². The van der Waals surface area contributed by atoms with Crippen LogP contribution in [0.5, 0.6) is 0 Å². The van der Waals surface area contributed by atoms with Gasteiger partial charge in [0.15, 0.2) is 0 Å². The highest BCUT2D eigenvalue weighted by Crippen LogP contribution is 2.23. The van der Waals surface area contributed by atoms with Crippen LogP contribution >= 0.6 is 0 Å². The van der Waals surface area contributed by atoms with Gasteiger partial charge in [0.05, 0.1) is 18.8 Å². The van der Waals surface area contributed by atoms with Crippen molar-refractivity contribution in [1.82, 2.24) is 5.32 Å². The molecule has 1 aromatic heterocycles. The molecule has 1 aliphatic heterocycles. The van der Waals surface area contributed by atoms with Gasteiger partial charge < -0.3 is 14.6 Å². The normalized spacial score (nSPS) is 15.3. The van der Waals surface area contributed by atoms with Crippen LogP contribution in [0.15, 0.2) is 47.1 Å². The molecular weight excluding hydrogens is 314 g/mol. The molecule has 1 saturated heterocycles. The van der Waals surface area contributed by atoms with Crippen molar-refractivity contribution >= 4 is 17.3 Å². The molecule has 5 nitrogen and oxygen atoms in total. The number of carbonyl (C=O) groups is 1. The second-order valence-corrected chi connectivity index (χ2v) is 6.54. The topological polar surface area (TPSA) is 57.5 Å². The van der Waals surface area contributed by atoms with Crippen LogP contribution in [0.25, 0.3) is 0 Å². The number of anilines is 2. The van der Waals surface area contributed by atoms with Crippen LogP contribution in [-0.4, -0.2) is 25.0 Å². The minimum absolute atomic E-state index is 0.00646. The zero-order valence-electron chi connectivity index (χ0n) is 14.8. The van der Waals surface area contributed by atoms with Gasteiger partial charge in [-0.15, -0.1) is 0 Å². The summed E-state index contributed by atoms with van der Waals surface area (Å²) in [5.74, 6) is 0.844. The molecule has 1 aromatic carbocycles. The number of nitrogens with zero attached hydrogens (tertiary/aromatic N) is 1. The molecule has 25 heavy (non-hydrogen) atoms. The minimum Gasteiger partial charge on any atom is -0.468 e. The van der Waals surface area contributed by atoms with E-state index in [1.807, 2.05) is 24.3 Å². The average molecular weight is 341 g/mol. The fourth-order valence-electron chi connectivity index (χ4n) is 3.24. The Bertz CT molecular complexity index is 663. The summed E-state index contributed by atoms with van der Waals surface area (Å²) >= 11 is 0. The third-order valence-corrected chi connectivity index (χ3v) is 4.58. The zero-order valence-corrected chi connectivity index (χ0v) is 14.8. The zero-order chi connectivity index (χ0) is 17.5. The molecule has 0 radical (unpaired) electrons. The van der Waals surface area contributed by atoms with Gasteiger partial charge in [-0.3, -0.25) is 10.1 Å². The number of nitrogens with one attached hydrogen (secondary N) is 2. The Morgan fingerprint density at radius 2 is 2.08 bits per heavy atom. The third kappa shape index (κ3) is 4.86. The van der Waals surface area contributed by atoms with Crippen LogP contribution in [0.4, 0.5) is 11.4 Å². The monoisotopic (exact) mass is 341 g/mol. The molecule has 1 fully saturated rings. The summed E-state index contributed by atoms with van der Waals surface area (Å²) in [5.41, 5.74) is 2.04. The molecule has 2 N–H and O–H groups in total. The number of rotatable bonds is 8. The van der Waals surface area contributed by atoms with Crippen molar-refractivity contribution in [3.8, 4) is 0 Å². The van der Waals surface area contributed by atoms with Crippen LogP contribution < -0.4 is 15.5 Å². The Hall–Kier alpha value is -2.27. The van der Waals surface area contributed by atoms with E-state index in [0.717, 1.165) is 37.4 Å². The standard InChI is InChI=1S/C20H27N3O2/c1-2-7-19(21-15-18-10-6-13-25-18)20(24)22-16-8-5-9-17(14-16)23-11-3-4-12-23/h5-6,8-10,13-14,19,21H,2-4,7,11-12,15H2,1H3,(H,22,24). The van der Waals surface area contributed by atoms with E-state index >= 15 is 0 Å². The predicted octanol–water partition coefficient (Wildman–Crippen LogP) is 3.78. The SMILES string of the molecule is CCCC(NCc1ccco1)C(=O)Nc1cccc(N2CCCC2)c1. The number of carbonyl (C=O) groups excluding carboxylic acids is 1. The molecule has 0 spiro atoms. The van der Waals surface area contributed by atoms with Gasteiger partial charge in [0.1, 0.15) is 5.76 Å². The van der Waals surface area contributed by atoms with E-state index in [1.165, 1.54) is 18.5 Å². The summed E-state index contributed by atoms with van der Waals surface area (Å²) < 4.78 is 5.33. The van der Waals surface area contributed by atoms with Gasteiger partial charge in [-0.1, -0.05) is 19.4 Å². The summed E-state index contributed by atoms with van der Waals surface area (Å²) in [4.78, 5) is 15.0. The maximum atomic E-state index is 12.7. The second kappa shape index (κ2) is 8.72. The Kier molecular flexibility index (Phi) is 6.12. The van der Waals surface area contributed by atoms with Crippen LogP contribution in [0.3, 0.4) is 0 Å². The highest BCUT2D eigenvalue weighted by Gasteiger charge is 2.18. The van der Waals surface area contributed by atoms with E-state index in [-0.39, 0.29) is 11.9 Å². The van der Waals surface area contributed by atoms with Crippen molar-refractivity contribution in [2.75, 3.05) is 23.3 Å². The molecule has 5 heteroatoms. The highest BCUT2D eigenvalue weighted by molar-refractivity contribution is 5.95. The van der Waals surface area contributed by atoms with Crippen LogP contribution in [0, 0.1) is 0 Å². The Balaban J connectivity index is 1.60. The molecule has 0 bridgehead atoms. The molecule has 2 aromatic rings. The molecule has 1 aliphatic rings. The first-order valence-corrected chi connectivity index (χ1v) is 9.18. The van der Waals surface area contributed by atoms with Gasteiger partial charge in [-0.05, 0) is 49.6 Å². The van der Waals surface area contributed by atoms with Crippen molar-refractivity contribution in [1.29, 1.82) is 0 Å². The van der Waals surface area contributed by atoms with E-state index in [2.05, 4.69) is 34.6 Å². The summed E-state index contributed by atoms with van der Waals surface area (Å²) in [6.45, 7) is 4.84. The molecule has 1 atom stereocenters. The highest BCUT2D eigenvalue weighted by atomic mass is 16.3. The van der Waals surface area contributed by atoms with Crippen molar-refractivity contribution < 1.29 is 9.21 Å². The first-order chi connectivity index (χ1) is 12.3. The van der Waals surface area contributed by atoms with E-state index in [1.54, 1.807) is 6.26 Å². The molecule has 134 valence electrons. The average Bonchev–Trinajstić information content (AvgIpc) is 3.32. The van der Waals surface area contributed by atoms with Crippen LogP contribution in [0.2, 0.25) is 0 Å². The lowest BCUT2D eigenvalue weighted by molar-refractivity contribution is -0.118. The van der Waals surface area contributed by atoms with E-state index < -0.39 is 0 Å². The molecular formula is C20H27N3O2. The summed E-state index contributed by atoms with van der Waals surface area (Å²) in [5, 5.41) is 6.36. The Morgan fingerprint density at radius 1 is 1.24 bits per heavy atom. The lowest BCUT2D eigenvalue weighted by Crippen LogP contribution is -2.40. The van der Waals surface area contributed by atoms with Gasteiger partial charge in [-0.2, -0.15) is 0 Å². The number of benzene rings is 1. The number of hydrogen-bond acceptors (Lipinski definition) is 4. The van der Waals surface area contributed by atoms with Crippen LogP contribution in [0.1, 0.15) is 38.4 Å². The first-order valence-electron chi connectivity index (χ1n) is 9.18. The number of furan rings is 1. The first kappa shape index (κ1) is 17.5. The van der Waals surface area contributed by atoms with Crippen LogP contribution in [-0.2, 0) is 11.3 Å². The molecule has 0 saturated carbocycles. The quantitative estimate of drug-likeness (QED) is 0.767. The molecule has 1 unspecified atom stereocenters. The maximum Gasteiger partial charge on any atom is 0.241 e. The van der Waals surface area contributed by atoms with Gasteiger partial charge in [-0.25, -0.2) is 0 Å². The molecule has 0 aliphatic carbocycles. The van der Waals surface area contributed by atoms with Gasteiger partial charge in [0.25, 0.3) is 0 Å². The smallest absolute Gasteiger partial charge is 0.241 e. The van der Waals surface area contributed by atoms with Crippen molar-refractivity contribution in [2.24, 2.45) is 0 Å². The van der Waals surface area contributed by atoms with Gasteiger partial charge in [0.2, 0.25) is 5.91 Å². The number of hydrogen-bond donors (Lipinski definition) is 2. The lowest BCUT2D eigenvalue weighted by atomic mass is 10.1. The minimum atomic E-state index is -0.231. The predicted molar refractivity (Wildman–Crippen MR) is 101 cm³/mol. The second-order valence-electron chi connectivity index (χ2n) is 6.54. The molecule has 3 rings (SSSR count). The van der Waals surface area contributed by atoms with Crippen molar-refractivity contribution in [2.45, 2.75) is 45.2 Å². The lowest BCUT2D eigenvalue weighted by Gasteiger charge is -2.20. The number of amides is 1. The fraction of sp³-hybridized carbons (Fsp3) is 0.450. The molecule has 1 amide bonds. The van der Waals surface area contributed by atoms with Gasteiger partial charge in [0, 0.05) is 24.5 Å². The maximum absolute atomic E-state index is 12.7. The summed E-state index contributed by atoms with van der Waals surface area (Å²) in [6.07, 6.45) is 5.86. The van der Waals surface area contributed by atoms with E-state index in [9.17, 15) is 4.79 Å².